The Morgan fingerprint density at radius 3 is 2.71 bits per heavy atom. The van der Waals surface area contributed by atoms with Crippen LogP contribution >= 0.6 is 0 Å². The fraction of sp³-hybridized carbons (Fsp3) is 0.385. The van der Waals surface area contributed by atoms with E-state index in [1.54, 1.807) is 20.2 Å². The van der Waals surface area contributed by atoms with Gasteiger partial charge in [0.2, 0.25) is 0 Å². The smallest absolute Gasteiger partial charge is 0.192 e. The first-order chi connectivity index (χ1) is 30.1. The number of hydrogen-bond acceptors (Lipinski definition) is 8. The lowest BCUT2D eigenvalue weighted by Crippen LogP contribution is -2.24. The summed E-state index contributed by atoms with van der Waals surface area (Å²) in [5, 5.41) is 38.6. The Morgan fingerprint density at radius 2 is 1.89 bits per heavy atom. The molecule has 322 valence electrons. The zero-order valence-electron chi connectivity index (χ0n) is 35.9. The summed E-state index contributed by atoms with van der Waals surface area (Å²) in [6.45, 7) is 2.15. The van der Waals surface area contributed by atoms with Crippen LogP contribution in [0.4, 0.5) is 5.69 Å². The number of ketones is 1. The Kier molecular flexibility index (Phi) is 12.9. The van der Waals surface area contributed by atoms with Gasteiger partial charge < -0.3 is 40.6 Å². The van der Waals surface area contributed by atoms with Crippen molar-refractivity contribution >= 4 is 34.3 Å². The van der Waals surface area contributed by atoms with Gasteiger partial charge in [-0.05, 0) is 143 Å². The van der Waals surface area contributed by atoms with Crippen LogP contribution in [-0.4, -0.2) is 47.3 Å². The number of rotatable bonds is 10. The lowest BCUT2D eigenvalue weighted by atomic mass is 9.73. The molecule has 4 aromatic rings. The number of aliphatic imine (C=N–C) groups is 1. The first-order valence-corrected chi connectivity index (χ1v) is 21.9. The molecule has 2 heterocycles. The van der Waals surface area contributed by atoms with Crippen LogP contribution in [0.2, 0.25) is 0 Å². The van der Waals surface area contributed by atoms with Crippen LogP contribution in [0.15, 0.2) is 83.6 Å². The number of carbonyl (C=O) groups is 1. The number of aryl methyl sites for hydroxylation is 3. The molecule has 0 fully saturated rings. The van der Waals surface area contributed by atoms with Gasteiger partial charge in [0.15, 0.2) is 17.5 Å². The molecule has 9 rings (SSSR count). The van der Waals surface area contributed by atoms with Crippen molar-refractivity contribution in [3.8, 4) is 29.3 Å². The SMILES string of the molecule is CN=C(N)Nc1cccc(CCCCC2C=CC(O)=CC2CC2CC(=O)CCc3ccc(OC)c(c3)OCc3c(CO)c4c5c(c(O)cc6c5c3C=CC6C)C(C#CO2)CC4)c1. The van der Waals surface area contributed by atoms with Crippen LogP contribution in [0.5, 0.6) is 17.2 Å². The summed E-state index contributed by atoms with van der Waals surface area (Å²) in [7, 11) is 3.26. The highest BCUT2D eigenvalue weighted by Crippen LogP contribution is 2.50. The van der Waals surface area contributed by atoms with Gasteiger partial charge in [-0.1, -0.05) is 55.7 Å². The third-order valence-corrected chi connectivity index (χ3v) is 13.1. The third kappa shape index (κ3) is 9.05. The standard InChI is InChI=1S/C52H57N3O7/c1-31-11-18-42-45-30-62-48-24-33(13-20-47(48)60-3)12-16-39(58)27-40(61-22-21-35-15-19-41(44(45)29-56)51-49(35)46(59)28-43(31)50(42)51)26-36-25-38(57)17-14-34(36)9-5-4-7-32-8-6-10-37(23-32)55-52(53)54-2/h6,8,10-11,13-14,17-18,20,23-25,28,31,34-36,40,56-57,59H,4-5,7,9,12,15-16,19,26-27,29-30H2,1-3H3,(H3,53,54,55). The molecule has 4 aromatic carbocycles. The summed E-state index contributed by atoms with van der Waals surface area (Å²) >= 11 is 0. The average molecular weight is 836 g/mol. The maximum absolute atomic E-state index is 13.8. The number of allylic oxidation sites excluding steroid dienone is 4. The number of methoxy groups -OCH3 is 1. The number of guanidine groups is 1. The molecule has 5 unspecified atom stereocenters. The second-order valence-corrected chi connectivity index (χ2v) is 17.1. The predicted molar refractivity (Wildman–Crippen MR) is 245 cm³/mol. The van der Waals surface area contributed by atoms with Crippen molar-refractivity contribution in [2.45, 2.75) is 102 Å². The number of aromatic hydroxyl groups is 1. The van der Waals surface area contributed by atoms with Gasteiger partial charge in [0, 0.05) is 42.6 Å². The van der Waals surface area contributed by atoms with Crippen molar-refractivity contribution in [3.05, 3.63) is 123 Å². The number of anilines is 1. The molecule has 3 aliphatic carbocycles. The van der Waals surface area contributed by atoms with Gasteiger partial charge in [0.1, 0.15) is 36.1 Å². The summed E-state index contributed by atoms with van der Waals surface area (Å²) < 4.78 is 18.7. The Balaban J connectivity index is 1.09. The predicted octanol–water partition coefficient (Wildman–Crippen LogP) is 9.44. The summed E-state index contributed by atoms with van der Waals surface area (Å²) in [5.74, 6) is 5.17. The Labute approximate surface area is 364 Å². The van der Waals surface area contributed by atoms with Crippen LogP contribution in [0, 0.1) is 23.9 Å². The molecule has 0 amide bonds. The number of phenolic OH excluding ortho intramolecular Hbond substituents is 1. The Hall–Kier alpha value is -6.18. The molecule has 10 nitrogen and oxygen atoms in total. The van der Waals surface area contributed by atoms with E-state index in [2.05, 4.69) is 59.6 Å². The van der Waals surface area contributed by atoms with Crippen molar-refractivity contribution in [3.63, 3.8) is 0 Å². The van der Waals surface area contributed by atoms with E-state index in [1.165, 1.54) is 5.56 Å². The van der Waals surface area contributed by atoms with Crippen molar-refractivity contribution in [1.82, 2.24) is 0 Å². The zero-order chi connectivity index (χ0) is 43.3. The van der Waals surface area contributed by atoms with E-state index in [9.17, 15) is 20.1 Å². The maximum atomic E-state index is 13.8. The Bertz CT molecular complexity index is 2540. The molecular formula is C52H57N3O7. The second-order valence-electron chi connectivity index (χ2n) is 17.1. The second kappa shape index (κ2) is 18.8. The van der Waals surface area contributed by atoms with Gasteiger partial charge in [-0.2, -0.15) is 0 Å². The normalized spacial score (nSPS) is 21.9. The van der Waals surface area contributed by atoms with Gasteiger partial charge in [-0.3, -0.25) is 9.79 Å². The molecule has 6 N–H and O–H groups in total. The molecule has 5 aliphatic rings. The topological polar surface area (TPSA) is 156 Å². The van der Waals surface area contributed by atoms with Gasteiger partial charge in [0.25, 0.3) is 0 Å². The number of aliphatic hydroxyl groups excluding tert-OH is 2. The van der Waals surface area contributed by atoms with Crippen molar-refractivity contribution < 1.29 is 34.3 Å². The molecule has 0 aromatic heterocycles. The highest BCUT2D eigenvalue weighted by Gasteiger charge is 2.33. The number of fused-ring (bicyclic) bond motifs is 7. The number of nitrogens with two attached hydrogens (primary N) is 1. The highest BCUT2D eigenvalue weighted by atomic mass is 16.5. The van der Waals surface area contributed by atoms with Crippen molar-refractivity contribution in [2.24, 2.45) is 22.6 Å². The minimum atomic E-state index is -0.525. The maximum Gasteiger partial charge on any atom is 0.192 e. The molecule has 5 atom stereocenters. The molecular weight excluding hydrogens is 779 g/mol. The summed E-state index contributed by atoms with van der Waals surface area (Å²) in [6, 6.07) is 15.9. The number of ether oxygens (including phenoxy) is 3. The minimum absolute atomic E-state index is 0.0547. The van der Waals surface area contributed by atoms with Gasteiger partial charge in [0.05, 0.1) is 19.6 Å². The highest BCUT2D eigenvalue weighted by molar-refractivity contribution is 6.03. The van der Waals surface area contributed by atoms with Crippen LogP contribution in [-0.2, 0) is 42.0 Å². The lowest BCUT2D eigenvalue weighted by Gasteiger charge is -2.32. The first-order valence-electron chi connectivity index (χ1n) is 21.9. The molecule has 8 bridgehead atoms. The zero-order valence-corrected chi connectivity index (χ0v) is 35.9. The first kappa shape index (κ1) is 42.5. The average Bonchev–Trinajstić information content (AvgIpc) is 3.27. The van der Waals surface area contributed by atoms with E-state index in [0.29, 0.717) is 49.6 Å². The van der Waals surface area contributed by atoms with E-state index in [4.69, 9.17) is 19.9 Å². The number of phenols is 1. The number of carbonyl (C=O) groups excluding carboxylic acids is 1. The van der Waals surface area contributed by atoms with E-state index < -0.39 is 6.10 Å². The van der Waals surface area contributed by atoms with Crippen LogP contribution in [0.1, 0.15) is 108 Å². The van der Waals surface area contributed by atoms with Crippen molar-refractivity contribution in [2.75, 3.05) is 19.5 Å². The lowest BCUT2D eigenvalue weighted by molar-refractivity contribution is -0.121. The number of hydrogen-bond donors (Lipinski definition) is 5. The van der Waals surface area contributed by atoms with Gasteiger partial charge in [-0.25, -0.2) is 0 Å². The number of nitrogens with one attached hydrogen (secondary N) is 1. The molecule has 62 heavy (non-hydrogen) atoms. The van der Waals surface area contributed by atoms with E-state index in [-0.39, 0.29) is 60.6 Å². The third-order valence-electron chi connectivity index (χ3n) is 13.1. The van der Waals surface area contributed by atoms with Crippen LogP contribution in [0.3, 0.4) is 0 Å². The summed E-state index contributed by atoms with van der Waals surface area (Å²) in [5.41, 5.74) is 14.4. The number of Topliss-reactive ketones (excluding diaryl/α,β-unsaturated/α-hetero) is 1. The number of benzene rings is 4. The summed E-state index contributed by atoms with van der Waals surface area (Å²) in [6.07, 6.45) is 19.1. The quantitative estimate of drug-likeness (QED) is 0.0455. The summed E-state index contributed by atoms with van der Waals surface area (Å²) in [4.78, 5) is 17.8. The minimum Gasteiger partial charge on any atom is -0.508 e. The Morgan fingerprint density at radius 1 is 1.02 bits per heavy atom. The monoisotopic (exact) mass is 835 g/mol. The van der Waals surface area contributed by atoms with Crippen LogP contribution in [0.25, 0.3) is 16.8 Å². The van der Waals surface area contributed by atoms with Gasteiger partial charge >= 0.3 is 0 Å². The van der Waals surface area contributed by atoms with Crippen LogP contribution < -0.4 is 20.5 Å². The molecule has 2 aliphatic heterocycles. The largest absolute Gasteiger partial charge is 0.508 e. The molecule has 0 saturated heterocycles. The van der Waals surface area contributed by atoms with E-state index in [0.717, 1.165) is 81.1 Å². The molecule has 0 saturated carbocycles. The fourth-order valence-electron chi connectivity index (χ4n) is 9.88. The van der Waals surface area contributed by atoms with E-state index >= 15 is 0 Å². The number of nitrogens with zero attached hydrogens (tertiary/aromatic N) is 1. The number of aliphatic hydroxyl groups is 2. The molecule has 10 heteroatoms. The number of unbranched alkanes of at least 4 members (excludes halogenated alkanes) is 1. The van der Waals surface area contributed by atoms with Crippen molar-refractivity contribution in [1.29, 1.82) is 0 Å². The fourth-order valence-corrected chi connectivity index (χ4v) is 9.88. The van der Waals surface area contributed by atoms with Gasteiger partial charge in [-0.15, -0.1) is 0 Å². The van der Waals surface area contributed by atoms with E-state index in [1.807, 2.05) is 42.5 Å². The molecule has 0 radical (unpaired) electrons. The molecule has 0 spiro atoms.